The third-order valence-electron chi connectivity index (χ3n) is 2.18. The predicted molar refractivity (Wildman–Crippen MR) is 53.3 cm³/mol. The summed E-state index contributed by atoms with van der Waals surface area (Å²) in [6, 6.07) is 7.03. The molecule has 1 aromatic heterocycles. The van der Waals surface area contributed by atoms with E-state index >= 15 is 0 Å². The lowest BCUT2D eigenvalue weighted by molar-refractivity contribution is -0.137. The summed E-state index contributed by atoms with van der Waals surface area (Å²) in [7, 11) is 0. The van der Waals surface area contributed by atoms with Gasteiger partial charge in [0.25, 0.3) is 0 Å². The van der Waals surface area contributed by atoms with E-state index in [1.54, 1.807) is 19.1 Å². The zero-order valence-corrected chi connectivity index (χ0v) is 8.49. The van der Waals surface area contributed by atoms with E-state index in [4.69, 9.17) is 0 Å². The highest BCUT2D eigenvalue weighted by atomic mass is 19.4. The summed E-state index contributed by atoms with van der Waals surface area (Å²) in [5.41, 5.74) is 0.0400. The highest BCUT2D eigenvalue weighted by Gasteiger charge is 2.33. The molecule has 0 radical (unpaired) electrons. The summed E-state index contributed by atoms with van der Waals surface area (Å²) >= 11 is 0. The van der Waals surface area contributed by atoms with Crippen LogP contribution in [0, 0.1) is 6.92 Å². The molecule has 2 rings (SSSR count). The minimum absolute atomic E-state index is 0.0445. The predicted octanol–water partition coefficient (Wildman–Crippen LogP) is 3.20. The van der Waals surface area contributed by atoms with E-state index in [0.29, 0.717) is 5.69 Å². The van der Waals surface area contributed by atoms with Crippen molar-refractivity contribution in [3.8, 4) is 5.69 Å². The van der Waals surface area contributed by atoms with Crippen LogP contribution in [-0.2, 0) is 6.18 Å². The average Bonchev–Trinajstić information content (AvgIpc) is 2.64. The fraction of sp³-hybridized carbons (Fsp3) is 0.182. The molecule has 0 N–H and O–H groups in total. The number of alkyl halides is 3. The van der Waals surface area contributed by atoms with Gasteiger partial charge in [-0.15, -0.1) is 0 Å². The molecule has 0 saturated heterocycles. The number of benzene rings is 1. The van der Waals surface area contributed by atoms with Gasteiger partial charge in [0.1, 0.15) is 0 Å². The van der Waals surface area contributed by atoms with Crippen molar-refractivity contribution in [3.63, 3.8) is 0 Å². The second kappa shape index (κ2) is 3.66. The molecule has 0 aliphatic rings. The van der Waals surface area contributed by atoms with E-state index in [-0.39, 0.29) is 5.69 Å². The molecule has 0 bridgehead atoms. The number of aromatic nitrogens is 2. The topological polar surface area (TPSA) is 17.8 Å². The Balaban J connectivity index is 2.57. The number of hydrogen-bond acceptors (Lipinski definition) is 1. The molecule has 2 nitrogen and oxygen atoms in total. The molecular weight excluding hydrogens is 217 g/mol. The summed E-state index contributed by atoms with van der Waals surface area (Å²) in [5, 5.41) is 3.97. The van der Waals surface area contributed by atoms with Gasteiger partial charge in [-0.3, -0.25) is 0 Å². The summed E-state index contributed by atoms with van der Waals surface area (Å²) < 4.78 is 39.3. The van der Waals surface area contributed by atoms with Crippen molar-refractivity contribution in [1.82, 2.24) is 9.78 Å². The van der Waals surface area contributed by atoms with Crippen LogP contribution < -0.4 is 0 Å². The first-order valence-corrected chi connectivity index (χ1v) is 4.67. The molecular formula is C11H9F3N2. The number of hydrogen-bond donors (Lipinski definition) is 0. The van der Waals surface area contributed by atoms with Crippen LogP contribution in [0.2, 0.25) is 0 Å². The van der Waals surface area contributed by atoms with Crippen LogP contribution in [0.15, 0.2) is 36.5 Å². The molecule has 0 spiro atoms. The van der Waals surface area contributed by atoms with E-state index in [1.165, 1.54) is 23.0 Å². The van der Waals surface area contributed by atoms with Gasteiger partial charge in [0.2, 0.25) is 0 Å². The van der Waals surface area contributed by atoms with Gasteiger partial charge in [0.05, 0.1) is 16.9 Å². The van der Waals surface area contributed by atoms with Crippen molar-refractivity contribution >= 4 is 0 Å². The van der Waals surface area contributed by atoms with Crippen LogP contribution in [-0.4, -0.2) is 9.78 Å². The zero-order valence-electron chi connectivity index (χ0n) is 8.49. The maximum atomic E-state index is 12.7. The lowest BCUT2D eigenvalue weighted by Gasteiger charge is -2.12. The van der Waals surface area contributed by atoms with Gasteiger partial charge >= 0.3 is 6.18 Å². The van der Waals surface area contributed by atoms with Crippen molar-refractivity contribution in [2.24, 2.45) is 0 Å². The summed E-state index contributed by atoms with van der Waals surface area (Å²) in [6.45, 7) is 1.73. The molecule has 0 aliphatic carbocycles. The maximum absolute atomic E-state index is 12.7. The molecule has 2 aromatic rings. The Kier molecular flexibility index (Phi) is 2.46. The summed E-state index contributed by atoms with van der Waals surface area (Å²) in [5.74, 6) is 0. The largest absolute Gasteiger partial charge is 0.418 e. The quantitative estimate of drug-likeness (QED) is 0.730. The Morgan fingerprint density at radius 3 is 2.38 bits per heavy atom. The van der Waals surface area contributed by atoms with E-state index in [2.05, 4.69) is 5.10 Å². The summed E-state index contributed by atoms with van der Waals surface area (Å²) in [4.78, 5) is 0. The number of para-hydroxylation sites is 1. The highest BCUT2D eigenvalue weighted by Crippen LogP contribution is 2.33. The number of rotatable bonds is 1. The van der Waals surface area contributed by atoms with Crippen molar-refractivity contribution in [2.75, 3.05) is 0 Å². The average molecular weight is 226 g/mol. The van der Waals surface area contributed by atoms with Crippen molar-refractivity contribution in [2.45, 2.75) is 13.1 Å². The highest BCUT2D eigenvalue weighted by molar-refractivity contribution is 5.42. The molecule has 84 valence electrons. The molecule has 0 amide bonds. The first-order chi connectivity index (χ1) is 7.48. The third-order valence-corrected chi connectivity index (χ3v) is 2.18. The van der Waals surface area contributed by atoms with Gasteiger partial charge in [0, 0.05) is 6.20 Å². The molecule has 0 atom stereocenters. The van der Waals surface area contributed by atoms with Gasteiger partial charge in [0.15, 0.2) is 0 Å². The Morgan fingerprint density at radius 1 is 1.12 bits per heavy atom. The van der Waals surface area contributed by atoms with Gasteiger partial charge in [-0.25, -0.2) is 4.68 Å². The number of aryl methyl sites for hydroxylation is 1. The molecule has 0 aliphatic heterocycles. The van der Waals surface area contributed by atoms with Crippen LogP contribution in [0.25, 0.3) is 5.69 Å². The zero-order chi connectivity index (χ0) is 11.8. The number of nitrogens with zero attached hydrogens (tertiary/aromatic N) is 2. The minimum Gasteiger partial charge on any atom is -0.240 e. The molecule has 5 heteroatoms. The number of halogens is 3. The first-order valence-electron chi connectivity index (χ1n) is 4.67. The van der Waals surface area contributed by atoms with Crippen LogP contribution in [0.1, 0.15) is 11.3 Å². The fourth-order valence-electron chi connectivity index (χ4n) is 1.46. The van der Waals surface area contributed by atoms with Crippen LogP contribution in [0.4, 0.5) is 13.2 Å². The fourth-order valence-corrected chi connectivity index (χ4v) is 1.46. The molecule has 0 saturated carbocycles. The third kappa shape index (κ3) is 1.93. The second-order valence-corrected chi connectivity index (χ2v) is 3.42. The van der Waals surface area contributed by atoms with Crippen LogP contribution >= 0.6 is 0 Å². The van der Waals surface area contributed by atoms with Gasteiger partial charge < -0.3 is 0 Å². The Hall–Kier alpha value is -1.78. The van der Waals surface area contributed by atoms with Gasteiger partial charge in [-0.2, -0.15) is 18.3 Å². The van der Waals surface area contributed by atoms with Crippen LogP contribution in [0.3, 0.4) is 0 Å². The Labute approximate surface area is 90.3 Å². The van der Waals surface area contributed by atoms with Crippen molar-refractivity contribution in [3.05, 3.63) is 47.8 Å². The molecule has 0 fully saturated rings. The van der Waals surface area contributed by atoms with E-state index < -0.39 is 11.7 Å². The molecule has 16 heavy (non-hydrogen) atoms. The lowest BCUT2D eigenvalue weighted by Crippen LogP contribution is -2.10. The SMILES string of the molecule is Cc1ccn(-c2ccccc2C(F)(F)F)n1. The smallest absolute Gasteiger partial charge is 0.240 e. The normalized spacial score (nSPS) is 11.8. The van der Waals surface area contributed by atoms with Crippen molar-refractivity contribution < 1.29 is 13.2 Å². The monoisotopic (exact) mass is 226 g/mol. The standard InChI is InChI=1S/C11H9F3N2/c1-8-6-7-16(15-8)10-5-3-2-4-9(10)11(12,13)14/h2-7H,1H3. The molecule has 1 aromatic carbocycles. The Bertz CT molecular complexity index is 500. The second-order valence-electron chi connectivity index (χ2n) is 3.42. The lowest BCUT2D eigenvalue weighted by atomic mass is 10.2. The Morgan fingerprint density at radius 2 is 1.81 bits per heavy atom. The van der Waals surface area contributed by atoms with Gasteiger partial charge in [-0.05, 0) is 25.1 Å². The summed E-state index contributed by atoms with van der Waals surface area (Å²) in [6.07, 6.45) is -2.85. The molecule has 0 unspecified atom stereocenters. The van der Waals surface area contributed by atoms with E-state index in [9.17, 15) is 13.2 Å². The van der Waals surface area contributed by atoms with Crippen LogP contribution in [0.5, 0.6) is 0 Å². The van der Waals surface area contributed by atoms with Gasteiger partial charge in [-0.1, -0.05) is 12.1 Å². The maximum Gasteiger partial charge on any atom is 0.418 e. The first kappa shape index (κ1) is 10.7. The van der Waals surface area contributed by atoms with Crippen molar-refractivity contribution in [1.29, 1.82) is 0 Å². The van der Waals surface area contributed by atoms with E-state index in [0.717, 1.165) is 6.07 Å². The van der Waals surface area contributed by atoms with E-state index in [1.807, 2.05) is 0 Å². The molecule has 1 heterocycles. The minimum atomic E-state index is -4.36.